The normalized spacial score (nSPS) is 31.7. The summed E-state index contributed by atoms with van der Waals surface area (Å²) in [6, 6.07) is -0.700. The predicted molar refractivity (Wildman–Crippen MR) is 48.4 cm³/mol. The second-order valence-corrected chi connectivity index (χ2v) is 3.38. The van der Waals surface area contributed by atoms with Gasteiger partial charge in [0.15, 0.2) is 5.60 Å². The van der Waals surface area contributed by atoms with Gasteiger partial charge in [-0.15, -0.1) is 0 Å². The fourth-order valence-electron chi connectivity index (χ4n) is 1.77. The van der Waals surface area contributed by atoms with Gasteiger partial charge in [-0.3, -0.25) is 0 Å². The molecule has 14 heavy (non-hydrogen) atoms. The van der Waals surface area contributed by atoms with E-state index >= 15 is 0 Å². The molecule has 0 aromatic carbocycles. The number of ether oxygens (including phenoxy) is 1. The Hall–Kier alpha value is -1.26. The Morgan fingerprint density at radius 1 is 1.71 bits per heavy atom. The number of nitrogens with zero attached hydrogens (tertiary/aromatic N) is 3. The number of hydrogen-bond acceptors (Lipinski definition) is 4. The molecule has 78 valence electrons. The lowest BCUT2D eigenvalue weighted by Crippen LogP contribution is -2.51. The van der Waals surface area contributed by atoms with E-state index in [-0.39, 0.29) is 0 Å². The van der Waals surface area contributed by atoms with Crippen molar-refractivity contribution in [3.05, 3.63) is 10.4 Å². The minimum atomic E-state index is -1.63. The minimum Gasteiger partial charge on any atom is -0.467 e. The lowest BCUT2D eigenvalue weighted by Gasteiger charge is -2.34. The fraction of sp³-hybridized carbons (Fsp3) is 0.875. The minimum absolute atomic E-state index is 0.295. The van der Waals surface area contributed by atoms with Crippen molar-refractivity contribution in [3.8, 4) is 0 Å². The van der Waals surface area contributed by atoms with E-state index in [1.165, 1.54) is 7.11 Å². The first-order valence-corrected chi connectivity index (χ1v) is 4.50. The summed E-state index contributed by atoms with van der Waals surface area (Å²) in [5, 5.41) is 13.4. The highest BCUT2D eigenvalue weighted by atomic mass is 16.5. The van der Waals surface area contributed by atoms with Crippen molar-refractivity contribution < 1.29 is 14.6 Å². The van der Waals surface area contributed by atoms with Crippen LogP contribution in [-0.2, 0) is 9.53 Å². The quantitative estimate of drug-likeness (QED) is 0.312. The highest BCUT2D eigenvalue weighted by Crippen LogP contribution is 2.31. The fourth-order valence-corrected chi connectivity index (χ4v) is 1.77. The van der Waals surface area contributed by atoms with E-state index in [4.69, 9.17) is 5.53 Å². The summed E-state index contributed by atoms with van der Waals surface area (Å²) in [6.07, 6.45) is 2.41. The van der Waals surface area contributed by atoms with Crippen LogP contribution in [0, 0.1) is 0 Å². The third-order valence-electron chi connectivity index (χ3n) is 2.57. The van der Waals surface area contributed by atoms with Crippen LogP contribution in [-0.4, -0.2) is 29.8 Å². The zero-order chi connectivity index (χ0) is 10.6. The first-order valence-electron chi connectivity index (χ1n) is 4.50. The van der Waals surface area contributed by atoms with Gasteiger partial charge in [0, 0.05) is 4.91 Å². The molecule has 0 aromatic rings. The summed E-state index contributed by atoms with van der Waals surface area (Å²) in [5.41, 5.74) is 6.67. The van der Waals surface area contributed by atoms with Crippen molar-refractivity contribution in [2.75, 3.05) is 7.11 Å². The predicted octanol–water partition coefficient (Wildman–Crippen LogP) is 1.14. The molecule has 6 nitrogen and oxygen atoms in total. The molecule has 1 saturated carbocycles. The SMILES string of the molecule is COC(=O)C1(O)CCCCC1N=[N+]=[N-]. The van der Waals surface area contributed by atoms with E-state index in [9.17, 15) is 9.90 Å². The number of esters is 1. The summed E-state index contributed by atoms with van der Waals surface area (Å²) in [6.45, 7) is 0. The molecule has 0 heterocycles. The van der Waals surface area contributed by atoms with Crippen LogP contribution in [0.5, 0.6) is 0 Å². The number of carbonyl (C=O) groups excluding carboxylic acids is 1. The molecule has 0 bridgehead atoms. The van der Waals surface area contributed by atoms with Gasteiger partial charge in [-0.25, -0.2) is 4.79 Å². The van der Waals surface area contributed by atoms with E-state index < -0.39 is 17.6 Å². The van der Waals surface area contributed by atoms with Crippen molar-refractivity contribution in [2.24, 2.45) is 5.11 Å². The summed E-state index contributed by atoms with van der Waals surface area (Å²) in [5.74, 6) is -0.713. The van der Waals surface area contributed by atoms with Gasteiger partial charge in [-0.2, -0.15) is 0 Å². The number of methoxy groups -OCH3 is 1. The molecule has 0 aliphatic heterocycles. The maximum atomic E-state index is 11.3. The largest absolute Gasteiger partial charge is 0.467 e. The molecule has 0 saturated heterocycles. The van der Waals surface area contributed by atoms with E-state index in [2.05, 4.69) is 14.8 Å². The first kappa shape index (κ1) is 10.8. The van der Waals surface area contributed by atoms with Gasteiger partial charge in [-0.05, 0) is 24.8 Å². The van der Waals surface area contributed by atoms with Crippen molar-refractivity contribution in [3.63, 3.8) is 0 Å². The molecule has 0 spiro atoms. The average molecular weight is 199 g/mol. The smallest absolute Gasteiger partial charge is 0.338 e. The van der Waals surface area contributed by atoms with Crippen LogP contribution in [0.4, 0.5) is 0 Å². The third kappa shape index (κ3) is 1.81. The van der Waals surface area contributed by atoms with Crippen LogP contribution in [0.3, 0.4) is 0 Å². The van der Waals surface area contributed by atoms with Gasteiger partial charge < -0.3 is 9.84 Å². The molecular weight excluding hydrogens is 186 g/mol. The van der Waals surface area contributed by atoms with E-state index in [0.29, 0.717) is 12.8 Å². The zero-order valence-electron chi connectivity index (χ0n) is 8.01. The first-order chi connectivity index (χ1) is 6.65. The molecule has 0 radical (unpaired) electrons. The van der Waals surface area contributed by atoms with Gasteiger partial charge in [0.25, 0.3) is 0 Å². The van der Waals surface area contributed by atoms with Crippen LogP contribution in [0.1, 0.15) is 25.7 Å². The van der Waals surface area contributed by atoms with Gasteiger partial charge >= 0.3 is 5.97 Å². The second kappa shape index (κ2) is 4.30. The zero-order valence-corrected chi connectivity index (χ0v) is 8.01. The van der Waals surface area contributed by atoms with E-state index in [1.54, 1.807) is 0 Å². The number of azide groups is 1. The van der Waals surface area contributed by atoms with Gasteiger partial charge in [0.05, 0.1) is 13.2 Å². The molecule has 0 aromatic heterocycles. The lowest BCUT2D eigenvalue weighted by atomic mass is 9.81. The Kier molecular flexibility index (Phi) is 3.33. The molecule has 2 unspecified atom stereocenters. The summed E-state index contributed by atoms with van der Waals surface area (Å²) in [4.78, 5) is 13.9. The second-order valence-electron chi connectivity index (χ2n) is 3.38. The summed E-state index contributed by atoms with van der Waals surface area (Å²) in [7, 11) is 1.21. The molecule has 1 aliphatic rings. The highest BCUT2D eigenvalue weighted by molar-refractivity contribution is 5.80. The van der Waals surface area contributed by atoms with E-state index in [1.807, 2.05) is 0 Å². The molecule has 1 fully saturated rings. The van der Waals surface area contributed by atoms with Crippen LogP contribution < -0.4 is 0 Å². The van der Waals surface area contributed by atoms with Gasteiger partial charge in [-0.1, -0.05) is 11.5 Å². The Labute approximate surface area is 81.5 Å². The lowest BCUT2D eigenvalue weighted by molar-refractivity contribution is -0.167. The number of rotatable bonds is 2. The molecule has 1 N–H and O–H groups in total. The van der Waals surface area contributed by atoms with Crippen molar-refractivity contribution >= 4 is 5.97 Å². The maximum absolute atomic E-state index is 11.3. The molecule has 1 rings (SSSR count). The number of hydrogen-bond donors (Lipinski definition) is 1. The molecular formula is C8H13N3O3. The Morgan fingerprint density at radius 2 is 2.43 bits per heavy atom. The topological polar surface area (TPSA) is 95.3 Å². The van der Waals surface area contributed by atoms with Crippen molar-refractivity contribution in [1.29, 1.82) is 0 Å². The van der Waals surface area contributed by atoms with Crippen molar-refractivity contribution in [1.82, 2.24) is 0 Å². The van der Waals surface area contributed by atoms with Crippen molar-refractivity contribution in [2.45, 2.75) is 37.3 Å². The van der Waals surface area contributed by atoms with Crippen LogP contribution >= 0.6 is 0 Å². The Bertz CT molecular complexity index is 275. The molecule has 0 amide bonds. The number of aliphatic hydroxyl groups is 1. The highest BCUT2D eigenvalue weighted by Gasteiger charge is 2.46. The Balaban J connectivity index is 2.89. The van der Waals surface area contributed by atoms with Crippen LogP contribution in [0.15, 0.2) is 5.11 Å². The van der Waals surface area contributed by atoms with Crippen LogP contribution in [0.2, 0.25) is 0 Å². The molecule has 6 heteroatoms. The Morgan fingerprint density at radius 3 is 3.00 bits per heavy atom. The number of carbonyl (C=O) groups is 1. The maximum Gasteiger partial charge on any atom is 0.338 e. The standard InChI is InChI=1S/C8H13N3O3/c1-14-7(12)8(13)5-3-2-4-6(8)10-11-9/h6,13H,2-5H2,1H3. The summed E-state index contributed by atoms with van der Waals surface area (Å²) >= 11 is 0. The van der Waals surface area contributed by atoms with Gasteiger partial charge in [0.2, 0.25) is 0 Å². The average Bonchev–Trinajstić information content (AvgIpc) is 2.20. The molecule has 1 aliphatic carbocycles. The van der Waals surface area contributed by atoms with Crippen LogP contribution in [0.25, 0.3) is 10.4 Å². The van der Waals surface area contributed by atoms with E-state index in [0.717, 1.165) is 12.8 Å². The molecule has 2 atom stereocenters. The van der Waals surface area contributed by atoms with Gasteiger partial charge in [0.1, 0.15) is 0 Å². The summed E-state index contributed by atoms with van der Waals surface area (Å²) < 4.78 is 4.50. The monoisotopic (exact) mass is 199 g/mol. The third-order valence-corrected chi connectivity index (χ3v) is 2.57.